The molecule has 0 saturated heterocycles. The Hall–Kier alpha value is -1.69. The molecule has 0 aromatic heterocycles. The standard InChI is InChI=1S/C50H93NO4/c1-3-5-7-9-11-13-15-17-19-21-23-24-25-26-27-29-31-33-35-37-39-41-43-47(53)45-50(55)51-48(46-52)49(54)44-42-40-38-36-34-32-30-28-22-20-18-16-14-12-10-8-6-4-2/h22,26-28,34,36,42,44,47-49,52-54H,3-21,23-25,29-33,35,37-41,43,45-46H2,1-2H3,(H,51,55)/b27-26-,28-22+,36-34+,44-42+. The molecule has 0 fully saturated rings. The highest BCUT2D eigenvalue weighted by Gasteiger charge is 2.20. The van der Waals surface area contributed by atoms with Gasteiger partial charge in [0.1, 0.15) is 0 Å². The lowest BCUT2D eigenvalue weighted by molar-refractivity contribution is -0.124. The van der Waals surface area contributed by atoms with Gasteiger partial charge in [-0.05, 0) is 70.6 Å². The molecule has 0 heterocycles. The van der Waals surface area contributed by atoms with E-state index in [0.717, 1.165) is 38.5 Å². The lowest BCUT2D eigenvalue weighted by Gasteiger charge is -2.21. The smallest absolute Gasteiger partial charge is 0.222 e. The Morgan fingerprint density at radius 2 is 0.782 bits per heavy atom. The fourth-order valence-corrected chi connectivity index (χ4v) is 7.13. The first-order valence-corrected chi connectivity index (χ1v) is 23.9. The van der Waals surface area contributed by atoms with Gasteiger partial charge in [-0.1, -0.05) is 210 Å². The van der Waals surface area contributed by atoms with Crippen LogP contribution in [0.15, 0.2) is 48.6 Å². The second-order valence-corrected chi connectivity index (χ2v) is 16.3. The molecule has 0 spiro atoms. The second kappa shape index (κ2) is 45.0. The van der Waals surface area contributed by atoms with Crippen molar-refractivity contribution in [2.45, 2.75) is 257 Å². The van der Waals surface area contributed by atoms with E-state index in [0.29, 0.717) is 6.42 Å². The van der Waals surface area contributed by atoms with Crippen molar-refractivity contribution in [2.75, 3.05) is 6.61 Å². The van der Waals surface area contributed by atoms with E-state index in [1.54, 1.807) is 6.08 Å². The maximum absolute atomic E-state index is 12.5. The predicted molar refractivity (Wildman–Crippen MR) is 241 cm³/mol. The zero-order valence-electron chi connectivity index (χ0n) is 36.6. The maximum Gasteiger partial charge on any atom is 0.222 e. The molecule has 0 aliphatic carbocycles. The van der Waals surface area contributed by atoms with Gasteiger partial charge in [0.2, 0.25) is 5.91 Å². The SMILES string of the molecule is CCCCCCCCCC/C=C/CC/C=C/CC/C=C/C(O)C(CO)NC(=O)CC(O)CCCCCCCC/C=C\CCCCCCCCCCCCCC. The molecule has 1 amide bonds. The first-order valence-electron chi connectivity index (χ1n) is 23.9. The van der Waals surface area contributed by atoms with E-state index in [-0.39, 0.29) is 18.9 Å². The third kappa shape index (κ3) is 41.8. The normalized spacial score (nSPS) is 13.9. The Labute approximate surface area is 342 Å². The van der Waals surface area contributed by atoms with Crippen molar-refractivity contribution in [3.8, 4) is 0 Å². The minimum atomic E-state index is -0.962. The fraction of sp³-hybridized carbons (Fsp3) is 0.820. The van der Waals surface area contributed by atoms with Gasteiger partial charge < -0.3 is 20.6 Å². The van der Waals surface area contributed by atoms with Crippen molar-refractivity contribution in [2.24, 2.45) is 0 Å². The molecule has 0 rings (SSSR count). The molecule has 0 aromatic carbocycles. The van der Waals surface area contributed by atoms with Crippen LogP contribution in [0.25, 0.3) is 0 Å². The van der Waals surface area contributed by atoms with Gasteiger partial charge in [0.25, 0.3) is 0 Å². The topological polar surface area (TPSA) is 89.8 Å². The molecule has 55 heavy (non-hydrogen) atoms. The quantitative estimate of drug-likeness (QED) is 0.0367. The third-order valence-electron chi connectivity index (χ3n) is 10.8. The van der Waals surface area contributed by atoms with Crippen LogP contribution in [-0.4, -0.2) is 46.1 Å². The second-order valence-electron chi connectivity index (χ2n) is 16.3. The molecule has 5 heteroatoms. The lowest BCUT2D eigenvalue weighted by Crippen LogP contribution is -2.45. The lowest BCUT2D eigenvalue weighted by atomic mass is 10.0. The Bertz CT molecular complexity index is 896. The van der Waals surface area contributed by atoms with E-state index >= 15 is 0 Å². The Morgan fingerprint density at radius 1 is 0.455 bits per heavy atom. The average Bonchev–Trinajstić information content (AvgIpc) is 3.18. The minimum Gasteiger partial charge on any atom is -0.394 e. The van der Waals surface area contributed by atoms with Crippen LogP contribution < -0.4 is 5.32 Å². The number of amides is 1. The first-order chi connectivity index (χ1) is 27.0. The molecule has 3 atom stereocenters. The summed E-state index contributed by atoms with van der Waals surface area (Å²) in [4.78, 5) is 12.5. The molecule has 3 unspecified atom stereocenters. The van der Waals surface area contributed by atoms with Gasteiger partial charge in [-0.3, -0.25) is 4.79 Å². The van der Waals surface area contributed by atoms with Crippen molar-refractivity contribution in [3.63, 3.8) is 0 Å². The summed E-state index contributed by atoms with van der Waals surface area (Å²) < 4.78 is 0. The number of carbonyl (C=O) groups is 1. The van der Waals surface area contributed by atoms with Gasteiger partial charge in [-0.25, -0.2) is 0 Å². The van der Waals surface area contributed by atoms with Crippen LogP contribution in [-0.2, 0) is 4.79 Å². The molecule has 0 saturated carbocycles. The van der Waals surface area contributed by atoms with Crippen LogP contribution in [0.4, 0.5) is 0 Å². The Kier molecular flexibility index (Phi) is 43.6. The number of hydrogen-bond donors (Lipinski definition) is 4. The molecular weight excluding hydrogens is 679 g/mol. The molecule has 0 bridgehead atoms. The van der Waals surface area contributed by atoms with E-state index in [9.17, 15) is 20.1 Å². The van der Waals surface area contributed by atoms with E-state index in [1.165, 1.54) is 173 Å². The monoisotopic (exact) mass is 772 g/mol. The third-order valence-corrected chi connectivity index (χ3v) is 10.8. The van der Waals surface area contributed by atoms with Crippen molar-refractivity contribution in [1.82, 2.24) is 5.32 Å². The summed E-state index contributed by atoms with van der Waals surface area (Å²) in [7, 11) is 0. The number of rotatable bonds is 43. The molecule has 5 nitrogen and oxygen atoms in total. The number of allylic oxidation sites excluding steroid dienone is 7. The van der Waals surface area contributed by atoms with Crippen molar-refractivity contribution in [1.29, 1.82) is 0 Å². The highest BCUT2D eigenvalue weighted by atomic mass is 16.3. The largest absolute Gasteiger partial charge is 0.394 e. The summed E-state index contributed by atoms with van der Waals surface area (Å²) in [6.45, 7) is 4.20. The minimum absolute atomic E-state index is 0.00228. The average molecular weight is 772 g/mol. The van der Waals surface area contributed by atoms with Crippen molar-refractivity contribution in [3.05, 3.63) is 48.6 Å². The number of carbonyl (C=O) groups excluding carboxylic acids is 1. The number of hydrogen-bond acceptors (Lipinski definition) is 4. The van der Waals surface area contributed by atoms with E-state index in [1.807, 2.05) is 6.08 Å². The van der Waals surface area contributed by atoms with Gasteiger partial charge in [-0.2, -0.15) is 0 Å². The molecule has 0 aliphatic rings. The van der Waals surface area contributed by atoms with Crippen molar-refractivity contribution >= 4 is 5.91 Å². The molecular formula is C50H93NO4. The zero-order chi connectivity index (χ0) is 40.1. The van der Waals surface area contributed by atoms with Crippen LogP contribution in [0.3, 0.4) is 0 Å². The van der Waals surface area contributed by atoms with Crippen LogP contribution >= 0.6 is 0 Å². The van der Waals surface area contributed by atoms with E-state index < -0.39 is 18.2 Å². The highest BCUT2D eigenvalue weighted by molar-refractivity contribution is 5.76. The first kappa shape index (κ1) is 53.3. The Morgan fingerprint density at radius 3 is 1.16 bits per heavy atom. The zero-order valence-corrected chi connectivity index (χ0v) is 36.6. The van der Waals surface area contributed by atoms with Gasteiger partial charge in [0.05, 0.1) is 31.3 Å². The van der Waals surface area contributed by atoms with Gasteiger partial charge in [0, 0.05) is 0 Å². The highest BCUT2D eigenvalue weighted by Crippen LogP contribution is 2.15. The van der Waals surface area contributed by atoms with Crippen LogP contribution in [0.5, 0.6) is 0 Å². The molecule has 322 valence electrons. The fourth-order valence-electron chi connectivity index (χ4n) is 7.13. The van der Waals surface area contributed by atoms with Crippen LogP contribution in [0, 0.1) is 0 Å². The van der Waals surface area contributed by atoms with Gasteiger partial charge >= 0.3 is 0 Å². The predicted octanol–water partition coefficient (Wildman–Crippen LogP) is 14.1. The molecule has 0 aromatic rings. The number of aliphatic hydroxyl groups is 3. The van der Waals surface area contributed by atoms with Crippen molar-refractivity contribution < 1.29 is 20.1 Å². The number of unbranched alkanes of at least 4 members (excludes halogenated alkanes) is 28. The summed E-state index contributed by atoms with van der Waals surface area (Å²) in [5.74, 6) is -0.333. The molecule has 4 N–H and O–H groups in total. The number of nitrogens with one attached hydrogen (secondary N) is 1. The van der Waals surface area contributed by atoms with Crippen LogP contribution in [0.2, 0.25) is 0 Å². The van der Waals surface area contributed by atoms with Crippen LogP contribution in [0.1, 0.15) is 239 Å². The molecule has 0 aliphatic heterocycles. The summed E-state index contributed by atoms with van der Waals surface area (Å²) in [5.41, 5.74) is 0. The summed E-state index contributed by atoms with van der Waals surface area (Å²) >= 11 is 0. The number of aliphatic hydroxyl groups excluding tert-OH is 3. The summed E-state index contributed by atoms with van der Waals surface area (Å²) in [5, 5.41) is 33.3. The van der Waals surface area contributed by atoms with E-state index in [2.05, 4.69) is 55.6 Å². The summed E-state index contributed by atoms with van der Waals surface area (Å²) in [6, 6.07) is -0.770. The van der Waals surface area contributed by atoms with Gasteiger partial charge in [0.15, 0.2) is 0 Å². The van der Waals surface area contributed by atoms with E-state index in [4.69, 9.17) is 0 Å². The molecule has 0 radical (unpaired) electrons. The maximum atomic E-state index is 12.5. The summed E-state index contributed by atoms with van der Waals surface area (Å²) in [6.07, 6.45) is 58.4. The van der Waals surface area contributed by atoms with Gasteiger partial charge in [-0.15, -0.1) is 0 Å². The Balaban J connectivity index is 3.70.